The Morgan fingerprint density at radius 1 is 1.37 bits per heavy atom. The largest absolute Gasteiger partial charge is 0.480 e. The summed E-state index contributed by atoms with van der Waals surface area (Å²) >= 11 is 0. The minimum atomic E-state index is -0.876. The SMILES string of the molecule is CCCCCCOCC(NC(C)C)(C(=O)O)C1CC1. The number of aliphatic carboxylic acids is 1. The summed E-state index contributed by atoms with van der Waals surface area (Å²) in [6.45, 7) is 7.11. The summed E-state index contributed by atoms with van der Waals surface area (Å²) in [5.74, 6) is -0.541. The Balaban J connectivity index is 2.43. The van der Waals surface area contributed by atoms with Crippen molar-refractivity contribution in [3.05, 3.63) is 0 Å². The number of hydrogen-bond acceptors (Lipinski definition) is 3. The van der Waals surface area contributed by atoms with Crippen molar-refractivity contribution < 1.29 is 14.6 Å². The highest BCUT2D eigenvalue weighted by atomic mass is 16.5. The van der Waals surface area contributed by atoms with Crippen molar-refractivity contribution in [1.82, 2.24) is 5.32 Å². The monoisotopic (exact) mass is 271 g/mol. The van der Waals surface area contributed by atoms with Crippen LogP contribution in [0, 0.1) is 5.92 Å². The van der Waals surface area contributed by atoms with E-state index in [9.17, 15) is 9.90 Å². The Morgan fingerprint density at radius 2 is 2.05 bits per heavy atom. The summed E-state index contributed by atoms with van der Waals surface area (Å²) in [6.07, 6.45) is 6.60. The van der Waals surface area contributed by atoms with Gasteiger partial charge in [0.2, 0.25) is 0 Å². The summed E-state index contributed by atoms with van der Waals surface area (Å²) in [7, 11) is 0. The number of nitrogens with one attached hydrogen (secondary N) is 1. The molecule has 0 aromatic carbocycles. The molecule has 0 heterocycles. The zero-order chi connectivity index (χ0) is 14.3. The number of carbonyl (C=O) groups is 1. The molecule has 1 atom stereocenters. The summed E-state index contributed by atoms with van der Waals surface area (Å²) in [5.41, 5.74) is -0.876. The summed E-state index contributed by atoms with van der Waals surface area (Å²) in [4.78, 5) is 11.7. The predicted octanol–water partition coefficient (Wildman–Crippen LogP) is 2.81. The molecule has 1 unspecified atom stereocenters. The van der Waals surface area contributed by atoms with Crippen molar-refractivity contribution >= 4 is 5.97 Å². The fraction of sp³-hybridized carbons (Fsp3) is 0.933. The number of carboxylic acids is 1. The average Bonchev–Trinajstić information content (AvgIpc) is 3.15. The van der Waals surface area contributed by atoms with E-state index in [4.69, 9.17) is 4.74 Å². The lowest BCUT2D eigenvalue weighted by molar-refractivity contribution is -0.149. The second-order valence-corrected chi connectivity index (χ2v) is 5.96. The third-order valence-corrected chi connectivity index (χ3v) is 3.67. The van der Waals surface area contributed by atoms with Crippen molar-refractivity contribution in [1.29, 1.82) is 0 Å². The van der Waals surface area contributed by atoms with Crippen molar-refractivity contribution in [2.24, 2.45) is 5.92 Å². The number of ether oxygens (including phenoxy) is 1. The van der Waals surface area contributed by atoms with E-state index in [1.54, 1.807) is 0 Å². The molecule has 2 N–H and O–H groups in total. The van der Waals surface area contributed by atoms with Crippen LogP contribution in [0.3, 0.4) is 0 Å². The highest BCUT2D eigenvalue weighted by Crippen LogP contribution is 2.40. The molecule has 0 aromatic heterocycles. The molecule has 0 radical (unpaired) electrons. The second-order valence-electron chi connectivity index (χ2n) is 5.96. The molecule has 1 aliphatic rings. The lowest BCUT2D eigenvalue weighted by Gasteiger charge is -2.32. The Labute approximate surface area is 116 Å². The van der Waals surface area contributed by atoms with Crippen LogP contribution in [0.5, 0.6) is 0 Å². The molecule has 0 bridgehead atoms. The van der Waals surface area contributed by atoms with Gasteiger partial charge in [0, 0.05) is 12.6 Å². The van der Waals surface area contributed by atoms with E-state index in [0.29, 0.717) is 6.61 Å². The van der Waals surface area contributed by atoms with E-state index in [0.717, 1.165) is 25.7 Å². The predicted molar refractivity (Wildman–Crippen MR) is 76.3 cm³/mol. The van der Waals surface area contributed by atoms with Gasteiger partial charge in [0.1, 0.15) is 5.54 Å². The molecule has 0 spiro atoms. The number of carboxylic acid groups (broad SMARTS) is 1. The Bertz CT molecular complexity index is 277. The molecule has 0 aromatic rings. The standard InChI is InChI=1S/C15H29NO3/c1-4-5-6-7-10-19-11-15(14(17)18,13-8-9-13)16-12(2)3/h12-13,16H,4-11H2,1-3H3,(H,17,18). The van der Waals surface area contributed by atoms with Crippen molar-refractivity contribution in [2.45, 2.75) is 70.9 Å². The molecule has 0 saturated heterocycles. The third-order valence-electron chi connectivity index (χ3n) is 3.67. The van der Waals surface area contributed by atoms with Gasteiger partial charge >= 0.3 is 5.97 Å². The minimum absolute atomic E-state index is 0.153. The maximum atomic E-state index is 11.7. The maximum absolute atomic E-state index is 11.7. The molecule has 0 amide bonds. The van der Waals surface area contributed by atoms with Crippen LogP contribution in [0.4, 0.5) is 0 Å². The van der Waals surface area contributed by atoms with Gasteiger partial charge in [-0.1, -0.05) is 26.2 Å². The van der Waals surface area contributed by atoms with E-state index < -0.39 is 11.5 Å². The topological polar surface area (TPSA) is 58.6 Å². The molecular formula is C15H29NO3. The smallest absolute Gasteiger partial charge is 0.326 e. The molecule has 1 aliphatic carbocycles. The number of hydrogen-bond donors (Lipinski definition) is 2. The Morgan fingerprint density at radius 3 is 2.53 bits per heavy atom. The zero-order valence-corrected chi connectivity index (χ0v) is 12.6. The van der Waals surface area contributed by atoms with E-state index in [1.807, 2.05) is 13.8 Å². The highest BCUT2D eigenvalue weighted by molar-refractivity contribution is 5.80. The van der Waals surface area contributed by atoms with Crippen molar-refractivity contribution in [2.75, 3.05) is 13.2 Å². The van der Waals surface area contributed by atoms with Crippen LogP contribution < -0.4 is 5.32 Å². The number of rotatable bonds is 11. The van der Waals surface area contributed by atoms with Crippen LogP contribution in [0.15, 0.2) is 0 Å². The molecule has 1 fully saturated rings. The van der Waals surface area contributed by atoms with Crippen molar-refractivity contribution in [3.8, 4) is 0 Å². The van der Waals surface area contributed by atoms with Gasteiger partial charge in [0.15, 0.2) is 0 Å². The van der Waals surface area contributed by atoms with Gasteiger partial charge in [0.05, 0.1) is 6.61 Å². The van der Waals surface area contributed by atoms with Crippen LogP contribution >= 0.6 is 0 Å². The molecule has 0 aliphatic heterocycles. The summed E-state index contributed by atoms with van der Waals surface area (Å²) in [5, 5.41) is 12.8. The third kappa shape index (κ3) is 5.11. The first-order chi connectivity index (χ1) is 9.03. The van der Waals surface area contributed by atoms with Gasteiger partial charge in [-0.25, -0.2) is 0 Å². The lowest BCUT2D eigenvalue weighted by Crippen LogP contribution is -2.59. The summed E-state index contributed by atoms with van der Waals surface area (Å²) in [6, 6.07) is 0.153. The normalized spacial score (nSPS) is 18.5. The molecule has 112 valence electrons. The molecule has 4 nitrogen and oxygen atoms in total. The van der Waals surface area contributed by atoms with E-state index in [1.165, 1.54) is 12.8 Å². The molecule has 1 rings (SSSR count). The average molecular weight is 271 g/mol. The molecule has 4 heteroatoms. The van der Waals surface area contributed by atoms with Crippen LogP contribution in [0.2, 0.25) is 0 Å². The Kier molecular flexibility index (Phi) is 6.80. The first-order valence-corrected chi connectivity index (χ1v) is 7.61. The maximum Gasteiger partial charge on any atom is 0.326 e. The molecule has 1 saturated carbocycles. The van der Waals surface area contributed by atoms with Crippen LogP contribution in [0.1, 0.15) is 59.3 Å². The van der Waals surface area contributed by atoms with Gasteiger partial charge in [-0.2, -0.15) is 0 Å². The van der Waals surface area contributed by atoms with Crippen LogP contribution in [0.25, 0.3) is 0 Å². The van der Waals surface area contributed by atoms with E-state index >= 15 is 0 Å². The fourth-order valence-corrected chi connectivity index (χ4v) is 2.53. The zero-order valence-electron chi connectivity index (χ0n) is 12.6. The fourth-order valence-electron chi connectivity index (χ4n) is 2.53. The minimum Gasteiger partial charge on any atom is -0.480 e. The first kappa shape index (κ1) is 16.4. The lowest BCUT2D eigenvalue weighted by atomic mass is 9.93. The van der Waals surface area contributed by atoms with Crippen LogP contribution in [-0.4, -0.2) is 35.9 Å². The summed E-state index contributed by atoms with van der Waals surface area (Å²) < 4.78 is 5.67. The van der Waals surface area contributed by atoms with Crippen molar-refractivity contribution in [3.63, 3.8) is 0 Å². The van der Waals surface area contributed by atoms with Gasteiger partial charge in [-0.05, 0) is 39.0 Å². The van der Waals surface area contributed by atoms with Gasteiger partial charge < -0.3 is 9.84 Å². The quantitative estimate of drug-likeness (QED) is 0.567. The van der Waals surface area contributed by atoms with Gasteiger partial charge in [0.25, 0.3) is 0 Å². The highest BCUT2D eigenvalue weighted by Gasteiger charge is 2.51. The van der Waals surface area contributed by atoms with E-state index in [-0.39, 0.29) is 18.6 Å². The molecular weight excluding hydrogens is 242 g/mol. The number of unbranched alkanes of at least 4 members (excludes halogenated alkanes) is 3. The Hall–Kier alpha value is -0.610. The van der Waals surface area contributed by atoms with Crippen LogP contribution in [-0.2, 0) is 9.53 Å². The van der Waals surface area contributed by atoms with Gasteiger partial charge in [-0.15, -0.1) is 0 Å². The second kappa shape index (κ2) is 7.85. The molecule has 19 heavy (non-hydrogen) atoms. The van der Waals surface area contributed by atoms with Gasteiger partial charge in [-0.3, -0.25) is 10.1 Å². The first-order valence-electron chi connectivity index (χ1n) is 7.61. The van der Waals surface area contributed by atoms with E-state index in [2.05, 4.69) is 12.2 Å².